The molecule has 1 aromatic rings. The van der Waals surface area contributed by atoms with E-state index in [1.165, 1.54) is 0 Å². The summed E-state index contributed by atoms with van der Waals surface area (Å²) in [7, 11) is 0. The maximum atomic E-state index is 9.26. The number of hydrogen-bond acceptors (Lipinski definition) is 1. The van der Waals surface area contributed by atoms with Gasteiger partial charge >= 0.3 is 0 Å². The van der Waals surface area contributed by atoms with Gasteiger partial charge < -0.3 is 5.11 Å². The van der Waals surface area contributed by atoms with E-state index in [1.807, 2.05) is 6.07 Å². The fraction of sp³-hybridized carbons (Fsp3) is 0.143. The van der Waals surface area contributed by atoms with E-state index in [9.17, 15) is 5.11 Å². The minimum Gasteiger partial charge on any atom is -0.507 e. The van der Waals surface area contributed by atoms with Crippen molar-refractivity contribution in [2.75, 3.05) is 0 Å². The van der Waals surface area contributed by atoms with E-state index in [4.69, 9.17) is 11.6 Å². The molecular formula is C7H5ClI2O. The molecule has 1 rings (SSSR count). The van der Waals surface area contributed by atoms with Crippen molar-refractivity contribution in [3.63, 3.8) is 0 Å². The number of halogens is 3. The number of hydrogen-bond donors (Lipinski definition) is 1. The first-order chi connectivity index (χ1) is 5.15. The van der Waals surface area contributed by atoms with Crippen molar-refractivity contribution in [1.29, 1.82) is 0 Å². The van der Waals surface area contributed by atoms with Gasteiger partial charge in [-0.1, -0.05) is 0 Å². The van der Waals surface area contributed by atoms with Crippen LogP contribution in [0.5, 0.6) is 5.75 Å². The summed E-state index contributed by atoms with van der Waals surface area (Å²) in [5.41, 5.74) is 1.06. The second-order valence-electron chi connectivity index (χ2n) is 2.03. The van der Waals surface area contributed by atoms with Crippen LogP contribution in [0.4, 0.5) is 0 Å². The zero-order valence-corrected chi connectivity index (χ0v) is 10.5. The Morgan fingerprint density at radius 2 is 1.91 bits per heavy atom. The molecule has 4 heteroatoms. The lowest BCUT2D eigenvalue weighted by Crippen LogP contribution is -1.86. The SMILES string of the molecule is Oc1cc(I)c(CCl)cc1I. The first-order valence-corrected chi connectivity index (χ1v) is 5.57. The molecule has 0 bridgehead atoms. The van der Waals surface area contributed by atoms with Crippen LogP contribution in [0.15, 0.2) is 12.1 Å². The van der Waals surface area contributed by atoms with Crippen molar-refractivity contribution in [2.45, 2.75) is 5.88 Å². The lowest BCUT2D eigenvalue weighted by atomic mass is 10.2. The fourth-order valence-corrected chi connectivity index (χ4v) is 2.30. The molecule has 1 N–H and O–H groups in total. The first kappa shape index (κ1) is 9.85. The van der Waals surface area contributed by atoms with E-state index >= 15 is 0 Å². The Morgan fingerprint density at radius 3 is 2.45 bits per heavy atom. The maximum absolute atomic E-state index is 9.26. The van der Waals surface area contributed by atoms with Crippen LogP contribution in [0.3, 0.4) is 0 Å². The Labute approximate surface area is 97.4 Å². The molecule has 0 heterocycles. The van der Waals surface area contributed by atoms with E-state index in [-0.39, 0.29) is 0 Å². The highest BCUT2D eigenvalue weighted by Crippen LogP contribution is 2.25. The minimum atomic E-state index is 0.323. The van der Waals surface area contributed by atoms with Crippen molar-refractivity contribution < 1.29 is 5.11 Å². The second kappa shape index (κ2) is 4.13. The number of phenolic OH excluding ortho intramolecular Hbond substituents is 1. The van der Waals surface area contributed by atoms with E-state index < -0.39 is 0 Å². The number of phenols is 1. The zero-order chi connectivity index (χ0) is 8.43. The summed E-state index contributed by atoms with van der Waals surface area (Å²) in [5.74, 6) is 0.818. The molecule has 0 aliphatic carbocycles. The summed E-state index contributed by atoms with van der Waals surface area (Å²) in [6.07, 6.45) is 0. The highest BCUT2D eigenvalue weighted by atomic mass is 127. The van der Waals surface area contributed by atoms with Crippen LogP contribution in [-0.2, 0) is 5.88 Å². The third-order valence-corrected chi connectivity index (χ3v) is 3.42. The predicted octanol–water partition coefficient (Wildman–Crippen LogP) is 3.34. The van der Waals surface area contributed by atoms with Crippen LogP contribution in [0.2, 0.25) is 0 Å². The topological polar surface area (TPSA) is 20.2 Å². The molecule has 0 amide bonds. The highest BCUT2D eigenvalue weighted by Gasteiger charge is 2.03. The van der Waals surface area contributed by atoms with Gasteiger partial charge in [0.2, 0.25) is 0 Å². The standard InChI is InChI=1S/C7H5ClI2O/c8-3-4-1-6(10)7(11)2-5(4)9/h1-2,11H,3H2. The molecule has 11 heavy (non-hydrogen) atoms. The maximum Gasteiger partial charge on any atom is 0.129 e. The molecule has 0 radical (unpaired) electrons. The van der Waals surface area contributed by atoms with Crippen LogP contribution < -0.4 is 0 Å². The first-order valence-electron chi connectivity index (χ1n) is 2.88. The van der Waals surface area contributed by atoms with Crippen LogP contribution >= 0.6 is 56.8 Å². The van der Waals surface area contributed by atoms with Gasteiger partial charge in [0.25, 0.3) is 0 Å². The average molecular weight is 394 g/mol. The van der Waals surface area contributed by atoms with Gasteiger partial charge in [-0.05, 0) is 62.9 Å². The highest BCUT2D eigenvalue weighted by molar-refractivity contribution is 14.1. The largest absolute Gasteiger partial charge is 0.507 e. The molecule has 0 fully saturated rings. The van der Waals surface area contributed by atoms with Gasteiger partial charge in [-0.25, -0.2) is 0 Å². The van der Waals surface area contributed by atoms with Crippen molar-refractivity contribution in [3.05, 3.63) is 24.8 Å². The lowest BCUT2D eigenvalue weighted by molar-refractivity contribution is 0.471. The second-order valence-corrected chi connectivity index (χ2v) is 4.62. The lowest BCUT2D eigenvalue weighted by Gasteiger charge is -2.02. The average Bonchev–Trinajstić information content (AvgIpc) is 1.97. The number of rotatable bonds is 1. The van der Waals surface area contributed by atoms with E-state index in [2.05, 4.69) is 45.2 Å². The minimum absolute atomic E-state index is 0.323. The quantitative estimate of drug-likeness (QED) is 0.572. The van der Waals surface area contributed by atoms with E-state index in [0.717, 1.165) is 12.7 Å². The smallest absolute Gasteiger partial charge is 0.129 e. The van der Waals surface area contributed by atoms with Gasteiger partial charge in [0.15, 0.2) is 0 Å². The molecule has 0 saturated carbocycles. The molecule has 0 saturated heterocycles. The van der Waals surface area contributed by atoms with Crippen molar-refractivity contribution in [1.82, 2.24) is 0 Å². The molecule has 0 aromatic heterocycles. The van der Waals surface area contributed by atoms with Gasteiger partial charge in [-0.15, -0.1) is 11.6 Å². The van der Waals surface area contributed by atoms with Crippen LogP contribution in [-0.4, -0.2) is 5.11 Å². The van der Waals surface area contributed by atoms with Crippen LogP contribution in [0.25, 0.3) is 0 Å². The van der Waals surface area contributed by atoms with Gasteiger partial charge in [0.05, 0.1) is 3.57 Å². The zero-order valence-electron chi connectivity index (χ0n) is 5.44. The Bertz CT molecular complexity index is 275. The van der Waals surface area contributed by atoms with Crippen LogP contribution in [0.1, 0.15) is 5.56 Å². The fourth-order valence-electron chi connectivity index (χ4n) is 0.680. The van der Waals surface area contributed by atoms with Gasteiger partial charge in [0, 0.05) is 9.45 Å². The van der Waals surface area contributed by atoms with Gasteiger partial charge in [0.1, 0.15) is 5.75 Å². The van der Waals surface area contributed by atoms with Gasteiger partial charge in [-0.3, -0.25) is 0 Å². The summed E-state index contributed by atoms with van der Waals surface area (Å²) < 4.78 is 1.86. The summed E-state index contributed by atoms with van der Waals surface area (Å²) in [6, 6.07) is 3.62. The Hall–Kier alpha value is 0.770. The Morgan fingerprint density at radius 1 is 1.27 bits per heavy atom. The van der Waals surface area contributed by atoms with E-state index in [0.29, 0.717) is 11.6 Å². The molecule has 0 aliphatic rings. The number of aromatic hydroxyl groups is 1. The molecule has 0 spiro atoms. The third kappa shape index (κ3) is 2.35. The van der Waals surface area contributed by atoms with Crippen LogP contribution in [0, 0.1) is 7.14 Å². The van der Waals surface area contributed by atoms with Crippen molar-refractivity contribution in [3.8, 4) is 5.75 Å². The molecule has 0 aliphatic heterocycles. The molecular weight excluding hydrogens is 389 g/mol. The summed E-state index contributed by atoms with van der Waals surface area (Å²) in [4.78, 5) is 0. The Kier molecular flexibility index (Phi) is 3.70. The molecule has 0 unspecified atom stereocenters. The number of benzene rings is 1. The molecule has 1 nitrogen and oxygen atoms in total. The Balaban J connectivity index is 3.21. The summed E-state index contributed by atoms with van der Waals surface area (Å²) >= 11 is 9.90. The molecule has 0 atom stereocenters. The normalized spacial score (nSPS) is 10.1. The van der Waals surface area contributed by atoms with Crippen molar-refractivity contribution in [2.24, 2.45) is 0 Å². The predicted molar refractivity (Wildman–Crippen MR) is 63.1 cm³/mol. The third-order valence-electron chi connectivity index (χ3n) is 1.26. The van der Waals surface area contributed by atoms with Crippen molar-refractivity contribution >= 4 is 56.8 Å². The van der Waals surface area contributed by atoms with Gasteiger partial charge in [-0.2, -0.15) is 0 Å². The summed E-state index contributed by atoms with van der Waals surface area (Å²) in [6.45, 7) is 0. The number of alkyl halides is 1. The van der Waals surface area contributed by atoms with E-state index in [1.54, 1.807) is 6.07 Å². The summed E-state index contributed by atoms with van der Waals surface area (Å²) in [5, 5.41) is 9.26. The molecule has 1 aromatic carbocycles. The monoisotopic (exact) mass is 394 g/mol. The molecule has 60 valence electrons.